The van der Waals surface area contributed by atoms with Gasteiger partial charge in [-0.05, 0) is 12.3 Å². The van der Waals surface area contributed by atoms with Crippen LogP contribution < -0.4 is 0 Å². The van der Waals surface area contributed by atoms with Gasteiger partial charge in [0.25, 0.3) is 5.91 Å². The second-order valence-corrected chi connectivity index (χ2v) is 4.99. The van der Waals surface area contributed by atoms with E-state index >= 15 is 0 Å². The van der Waals surface area contributed by atoms with Crippen molar-refractivity contribution in [1.82, 2.24) is 19.9 Å². The lowest BCUT2D eigenvalue weighted by atomic mass is 9.95. The van der Waals surface area contributed by atoms with Gasteiger partial charge in [0.2, 0.25) is 0 Å². The Bertz CT molecular complexity index is 501. The summed E-state index contributed by atoms with van der Waals surface area (Å²) in [5.74, 6) is -0.859. The molecule has 0 aliphatic carbocycles. The topological polar surface area (TPSA) is 97.5 Å². The molecule has 1 fully saturated rings. The lowest BCUT2D eigenvalue weighted by Gasteiger charge is -2.35. The van der Waals surface area contributed by atoms with E-state index in [0.29, 0.717) is 19.0 Å². The number of carboxylic acid groups (broad SMARTS) is 1. The van der Waals surface area contributed by atoms with Gasteiger partial charge >= 0.3 is 5.97 Å². The van der Waals surface area contributed by atoms with Crippen molar-refractivity contribution in [2.24, 2.45) is 5.92 Å². The maximum atomic E-state index is 12.3. The Labute approximate surface area is 116 Å². The normalized spacial score (nSPS) is 22.8. The van der Waals surface area contributed by atoms with E-state index in [1.807, 2.05) is 0 Å². The number of hydrogen-bond donors (Lipinski definition) is 1. The van der Waals surface area contributed by atoms with Gasteiger partial charge in [0.05, 0.1) is 12.3 Å². The molecule has 20 heavy (non-hydrogen) atoms. The lowest BCUT2D eigenvalue weighted by molar-refractivity contribution is -0.137. The minimum absolute atomic E-state index is 0.0155. The molecular formula is C12H18N4O4. The third-order valence-electron chi connectivity index (χ3n) is 3.53. The fourth-order valence-electron chi connectivity index (χ4n) is 2.30. The highest BCUT2D eigenvalue weighted by atomic mass is 16.5. The molecule has 2 unspecified atom stereocenters. The van der Waals surface area contributed by atoms with E-state index < -0.39 is 5.97 Å². The van der Waals surface area contributed by atoms with Gasteiger partial charge in [0.1, 0.15) is 6.54 Å². The van der Waals surface area contributed by atoms with Gasteiger partial charge in [0.15, 0.2) is 5.69 Å². The average molecular weight is 282 g/mol. The summed E-state index contributed by atoms with van der Waals surface area (Å²) in [5, 5.41) is 16.0. The van der Waals surface area contributed by atoms with E-state index in [-0.39, 0.29) is 24.2 Å². The number of hydrogen-bond acceptors (Lipinski definition) is 5. The third kappa shape index (κ3) is 3.13. The summed E-state index contributed by atoms with van der Waals surface area (Å²) < 4.78 is 6.50. The lowest BCUT2D eigenvalue weighted by Crippen LogP contribution is -2.46. The van der Waals surface area contributed by atoms with Gasteiger partial charge in [-0.15, -0.1) is 5.10 Å². The van der Waals surface area contributed by atoms with Crippen molar-refractivity contribution in [2.45, 2.75) is 26.0 Å². The van der Waals surface area contributed by atoms with Crippen LogP contribution in [0.15, 0.2) is 6.20 Å². The van der Waals surface area contributed by atoms with Crippen molar-refractivity contribution in [2.75, 3.05) is 20.2 Å². The maximum Gasteiger partial charge on any atom is 0.325 e. The number of amides is 1. The Kier molecular flexibility index (Phi) is 4.33. The zero-order valence-corrected chi connectivity index (χ0v) is 11.5. The fraction of sp³-hybridized carbons (Fsp3) is 0.667. The van der Waals surface area contributed by atoms with Gasteiger partial charge in [-0.3, -0.25) is 9.59 Å². The molecule has 2 atom stereocenters. The number of likely N-dealkylation sites (tertiary alicyclic amines) is 1. The van der Waals surface area contributed by atoms with Gasteiger partial charge in [-0.25, -0.2) is 4.68 Å². The summed E-state index contributed by atoms with van der Waals surface area (Å²) in [5.41, 5.74) is 0.163. The number of carboxylic acids is 1. The first kappa shape index (κ1) is 14.4. The average Bonchev–Trinajstić information content (AvgIpc) is 2.86. The number of nitrogens with zero attached hydrogens (tertiary/aromatic N) is 4. The number of aliphatic carboxylic acids is 1. The molecule has 0 radical (unpaired) electrons. The molecule has 1 N–H and O–H groups in total. The first-order chi connectivity index (χ1) is 9.51. The zero-order chi connectivity index (χ0) is 14.7. The van der Waals surface area contributed by atoms with Crippen molar-refractivity contribution in [3.05, 3.63) is 11.9 Å². The largest absolute Gasteiger partial charge is 0.480 e. The number of ether oxygens (including phenoxy) is 1. The van der Waals surface area contributed by atoms with Crippen LogP contribution in [0, 0.1) is 5.92 Å². The Hall–Kier alpha value is -1.96. The Morgan fingerprint density at radius 3 is 2.95 bits per heavy atom. The molecule has 1 aliphatic heterocycles. The Balaban J connectivity index is 2.03. The summed E-state index contributed by atoms with van der Waals surface area (Å²) in [4.78, 5) is 24.5. The number of carbonyl (C=O) groups excluding carboxylic acids is 1. The monoisotopic (exact) mass is 282 g/mol. The molecule has 1 aromatic rings. The van der Waals surface area contributed by atoms with E-state index in [0.717, 1.165) is 11.1 Å². The molecule has 8 nitrogen and oxygen atoms in total. The molecule has 1 amide bonds. The van der Waals surface area contributed by atoms with Gasteiger partial charge in [0, 0.05) is 20.2 Å². The number of piperidine rings is 1. The predicted octanol–water partition coefficient (Wildman–Crippen LogP) is -0.140. The van der Waals surface area contributed by atoms with E-state index in [4.69, 9.17) is 9.84 Å². The van der Waals surface area contributed by atoms with Gasteiger partial charge < -0.3 is 14.7 Å². The van der Waals surface area contributed by atoms with Crippen molar-refractivity contribution >= 4 is 11.9 Å². The Morgan fingerprint density at radius 1 is 1.55 bits per heavy atom. The standard InChI is InChI=1S/C12H18N4O4/c1-8-3-4-15(6-10(8)20-2)12(19)9-5-16(14-13-9)7-11(17)18/h5,8,10H,3-4,6-7H2,1-2H3,(H,17,18). The molecule has 1 saturated heterocycles. The summed E-state index contributed by atoms with van der Waals surface area (Å²) in [6, 6.07) is 0. The molecule has 2 heterocycles. The summed E-state index contributed by atoms with van der Waals surface area (Å²) in [7, 11) is 1.64. The quantitative estimate of drug-likeness (QED) is 0.825. The van der Waals surface area contributed by atoms with E-state index in [1.54, 1.807) is 12.0 Å². The number of rotatable bonds is 4. The van der Waals surface area contributed by atoms with Crippen LogP contribution in [0.1, 0.15) is 23.8 Å². The molecule has 8 heteroatoms. The SMILES string of the molecule is COC1CN(C(=O)c2cn(CC(=O)O)nn2)CCC1C. The minimum atomic E-state index is -1.03. The fourth-order valence-corrected chi connectivity index (χ4v) is 2.30. The highest BCUT2D eigenvalue weighted by Crippen LogP contribution is 2.20. The summed E-state index contributed by atoms with van der Waals surface area (Å²) in [6.45, 7) is 2.95. The molecule has 0 bridgehead atoms. The van der Waals surface area contributed by atoms with Crippen LogP contribution in [-0.4, -0.2) is 63.2 Å². The van der Waals surface area contributed by atoms with E-state index in [2.05, 4.69) is 17.2 Å². The first-order valence-electron chi connectivity index (χ1n) is 6.45. The van der Waals surface area contributed by atoms with Crippen LogP contribution in [0.25, 0.3) is 0 Å². The van der Waals surface area contributed by atoms with Crippen molar-refractivity contribution in [3.63, 3.8) is 0 Å². The number of aromatic nitrogens is 3. The van der Waals surface area contributed by atoms with Crippen LogP contribution in [-0.2, 0) is 16.1 Å². The minimum Gasteiger partial charge on any atom is -0.480 e. The third-order valence-corrected chi connectivity index (χ3v) is 3.53. The number of carbonyl (C=O) groups is 2. The molecule has 2 rings (SSSR count). The van der Waals surface area contributed by atoms with Crippen LogP contribution in [0.2, 0.25) is 0 Å². The van der Waals surface area contributed by atoms with Crippen LogP contribution in [0.3, 0.4) is 0 Å². The molecule has 1 aliphatic rings. The van der Waals surface area contributed by atoms with Crippen LogP contribution in [0.4, 0.5) is 0 Å². The molecule has 1 aromatic heterocycles. The molecular weight excluding hydrogens is 264 g/mol. The maximum absolute atomic E-state index is 12.3. The summed E-state index contributed by atoms with van der Waals surface area (Å²) >= 11 is 0. The van der Waals surface area contributed by atoms with Crippen molar-refractivity contribution < 1.29 is 19.4 Å². The second-order valence-electron chi connectivity index (χ2n) is 4.99. The molecule has 0 saturated carbocycles. The highest BCUT2D eigenvalue weighted by molar-refractivity contribution is 5.92. The van der Waals surface area contributed by atoms with Gasteiger partial charge in [-0.1, -0.05) is 12.1 Å². The summed E-state index contributed by atoms with van der Waals surface area (Å²) in [6.07, 6.45) is 2.24. The van der Waals surface area contributed by atoms with Gasteiger partial charge in [-0.2, -0.15) is 0 Å². The Morgan fingerprint density at radius 2 is 2.30 bits per heavy atom. The smallest absolute Gasteiger partial charge is 0.325 e. The molecule has 110 valence electrons. The predicted molar refractivity (Wildman–Crippen MR) is 68.1 cm³/mol. The highest BCUT2D eigenvalue weighted by Gasteiger charge is 2.30. The first-order valence-corrected chi connectivity index (χ1v) is 6.45. The molecule has 0 spiro atoms. The van der Waals surface area contributed by atoms with E-state index in [1.165, 1.54) is 6.20 Å². The van der Waals surface area contributed by atoms with Crippen LogP contribution in [0.5, 0.6) is 0 Å². The van der Waals surface area contributed by atoms with Crippen molar-refractivity contribution in [3.8, 4) is 0 Å². The van der Waals surface area contributed by atoms with Crippen LogP contribution >= 0.6 is 0 Å². The molecule has 0 aromatic carbocycles. The van der Waals surface area contributed by atoms with E-state index in [9.17, 15) is 9.59 Å². The zero-order valence-electron chi connectivity index (χ0n) is 11.5. The van der Waals surface area contributed by atoms with Crippen molar-refractivity contribution in [1.29, 1.82) is 0 Å². The second kappa shape index (κ2) is 6.00. The number of methoxy groups -OCH3 is 1.